The molecule has 0 atom stereocenters. The van der Waals surface area contributed by atoms with Gasteiger partial charge in [0.2, 0.25) is 0 Å². The highest BCUT2D eigenvalue weighted by Gasteiger charge is 2.11. The fourth-order valence-electron chi connectivity index (χ4n) is 2.09. The average Bonchev–Trinajstić information content (AvgIpc) is 2.81. The predicted molar refractivity (Wildman–Crippen MR) is 63.5 cm³/mol. The first-order valence-electron chi connectivity index (χ1n) is 5.59. The van der Waals surface area contributed by atoms with E-state index < -0.39 is 0 Å². The summed E-state index contributed by atoms with van der Waals surface area (Å²) in [6.45, 7) is 3.30. The van der Waals surface area contributed by atoms with Crippen LogP contribution in [0.3, 0.4) is 0 Å². The monoisotopic (exact) mass is 219 g/mol. The Morgan fingerprint density at radius 2 is 2.12 bits per heavy atom. The van der Waals surface area contributed by atoms with Crippen LogP contribution in [0.2, 0.25) is 0 Å². The van der Waals surface area contributed by atoms with E-state index in [4.69, 9.17) is 10.9 Å². The first-order chi connectivity index (χ1) is 7.79. The SMILES string of the molecule is N/C(=N\O)c1cccc(CN2CCCC2)c1. The average molecular weight is 219 g/mol. The molecule has 0 bridgehead atoms. The van der Waals surface area contributed by atoms with Gasteiger partial charge in [-0.05, 0) is 37.6 Å². The summed E-state index contributed by atoms with van der Waals surface area (Å²) in [5.74, 6) is 0.170. The molecule has 4 nitrogen and oxygen atoms in total. The van der Waals surface area contributed by atoms with Gasteiger partial charge in [-0.2, -0.15) is 0 Å². The Balaban J connectivity index is 2.09. The number of oxime groups is 1. The fourth-order valence-corrected chi connectivity index (χ4v) is 2.09. The second kappa shape index (κ2) is 4.99. The number of rotatable bonds is 3. The molecule has 1 saturated heterocycles. The molecule has 0 unspecified atom stereocenters. The summed E-state index contributed by atoms with van der Waals surface area (Å²) >= 11 is 0. The second-order valence-electron chi connectivity index (χ2n) is 4.17. The molecule has 4 heteroatoms. The first-order valence-corrected chi connectivity index (χ1v) is 5.59. The van der Waals surface area contributed by atoms with Crippen molar-refractivity contribution in [2.75, 3.05) is 13.1 Å². The molecule has 0 amide bonds. The van der Waals surface area contributed by atoms with Crippen LogP contribution >= 0.6 is 0 Å². The quantitative estimate of drug-likeness (QED) is 0.349. The smallest absolute Gasteiger partial charge is 0.170 e. The summed E-state index contributed by atoms with van der Waals surface area (Å²) in [6.07, 6.45) is 2.58. The van der Waals surface area contributed by atoms with E-state index in [9.17, 15) is 0 Å². The van der Waals surface area contributed by atoms with Crippen molar-refractivity contribution in [2.45, 2.75) is 19.4 Å². The van der Waals surface area contributed by atoms with Gasteiger partial charge in [-0.25, -0.2) is 0 Å². The zero-order valence-corrected chi connectivity index (χ0v) is 9.26. The normalized spacial score (nSPS) is 17.9. The Labute approximate surface area is 95.4 Å². The number of hydrogen-bond acceptors (Lipinski definition) is 3. The molecule has 1 aromatic rings. The Bertz CT molecular complexity index is 384. The van der Waals surface area contributed by atoms with E-state index >= 15 is 0 Å². The molecule has 86 valence electrons. The Morgan fingerprint density at radius 1 is 1.38 bits per heavy atom. The van der Waals surface area contributed by atoms with E-state index in [2.05, 4.69) is 16.1 Å². The lowest BCUT2D eigenvalue weighted by molar-refractivity contribution is 0.318. The molecule has 3 N–H and O–H groups in total. The minimum Gasteiger partial charge on any atom is -0.409 e. The molecule has 1 aliphatic rings. The summed E-state index contributed by atoms with van der Waals surface area (Å²) in [5, 5.41) is 11.6. The highest BCUT2D eigenvalue weighted by molar-refractivity contribution is 5.97. The maximum Gasteiger partial charge on any atom is 0.170 e. The van der Waals surface area contributed by atoms with Crippen molar-refractivity contribution in [2.24, 2.45) is 10.9 Å². The molecular formula is C12H17N3O. The molecule has 16 heavy (non-hydrogen) atoms. The molecule has 1 aromatic carbocycles. The largest absolute Gasteiger partial charge is 0.409 e. The highest BCUT2D eigenvalue weighted by atomic mass is 16.4. The molecule has 0 aromatic heterocycles. The summed E-state index contributed by atoms with van der Waals surface area (Å²) in [7, 11) is 0. The van der Waals surface area contributed by atoms with Crippen LogP contribution in [0.5, 0.6) is 0 Å². The molecule has 0 spiro atoms. The third kappa shape index (κ3) is 2.52. The van der Waals surface area contributed by atoms with Crippen molar-refractivity contribution in [1.82, 2.24) is 4.90 Å². The molecule has 1 heterocycles. The number of amidine groups is 1. The standard InChI is InChI=1S/C12H17N3O/c13-12(14-16)11-5-3-4-10(8-11)9-15-6-1-2-7-15/h3-5,8,16H,1-2,6-7,9H2,(H2,13,14). The molecular weight excluding hydrogens is 202 g/mol. The highest BCUT2D eigenvalue weighted by Crippen LogP contribution is 2.13. The van der Waals surface area contributed by atoms with Crippen molar-refractivity contribution in [3.8, 4) is 0 Å². The Kier molecular flexibility index (Phi) is 3.41. The lowest BCUT2D eigenvalue weighted by atomic mass is 10.1. The van der Waals surface area contributed by atoms with Gasteiger partial charge in [0.1, 0.15) is 0 Å². The number of nitrogens with zero attached hydrogens (tertiary/aromatic N) is 2. The van der Waals surface area contributed by atoms with Crippen LogP contribution in [-0.2, 0) is 6.54 Å². The van der Waals surface area contributed by atoms with Crippen LogP contribution in [-0.4, -0.2) is 29.0 Å². The number of nitrogens with two attached hydrogens (primary N) is 1. The van der Waals surface area contributed by atoms with Gasteiger partial charge in [0.25, 0.3) is 0 Å². The minimum absolute atomic E-state index is 0.170. The van der Waals surface area contributed by atoms with Gasteiger partial charge in [0.05, 0.1) is 0 Å². The number of benzene rings is 1. The van der Waals surface area contributed by atoms with Gasteiger partial charge in [-0.3, -0.25) is 4.90 Å². The van der Waals surface area contributed by atoms with Crippen molar-refractivity contribution in [3.05, 3.63) is 35.4 Å². The van der Waals surface area contributed by atoms with Crippen LogP contribution < -0.4 is 5.73 Å². The van der Waals surface area contributed by atoms with Gasteiger partial charge < -0.3 is 10.9 Å². The topological polar surface area (TPSA) is 61.9 Å². The molecule has 1 aliphatic heterocycles. The molecule has 2 rings (SSSR count). The van der Waals surface area contributed by atoms with Crippen LogP contribution in [0.25, 0.3) is 0 Å². The lowest BCUT2D eigenvalue weighted by Crippen LogP contribution is -2.19. The number of hydrogen-bond donors (Lipinski definition) is 2. The summed E-state index contributed by atoms with van der Waals surface area (Å²) in [4.78, 5) is 2.42. The van der Waals surface area contributed by atoms with E-state index in [1.807, 2.05) is 18.2 Å². The summed E-state index contributed by atoms with van der Waals surface area (Å²) in [5.41, 5.74) is 7.55. The molecule has 0 aliphatic carbocycles. The van der Waals surface area contributed by atoms with Crippen molar-refractivity contribution in [3.63, 3.8) is 0 Å². The summed E-state index contributed by atoms with van der Waals surface area (Å²) in [6, 6.07) is 7.85. The Morgan fingerprint density at radius 3 is 2.81 bits per heavy atom. The maximum atomic E-state index is 8.62. The van der Waals surface area contributed by atoms with Gasteiger partial charge in [0.15, 0.2) is 5.84 Å². The minimum atomic E-state index is 0.170. The Hall–Kier alpha value is -1.55. The van der Waals surface area contributed by atoms with E-state index in [1.165, 1.54) is 31.5 Å². The van der Waals surface area contributed by atoms with Gasteiger partial charge in [-0.15, -0.1) is 0 Å². The maximum absolute atomic E-state index is 8.62. The van der Waals surface area contributed by atoms with Gasteiger partial charge >= 0.3 is 0 Å². The van der Waals surface area contributed by atoms with E-state index in [0.29, 0.717) is 0 Å². The van der Waals surface area contributed by atoms with E-state index in [-0.39, 0.29) is 5.84 Å². The van der Waals surface area contributed by atoms with E-state index in [1.54, 1.807) is 0 Å². The molecule has 1 fully saturated rings. The van der Waals surface area contributed by atoms with E-state index in [0.717, 1.165) is 12.1 Å². The second-order valence-corrected chi connectivity index (χ2v) is 4.17. The molecule has 0 saturated carbocycles. The third-order valence-corrected chi connectivity index (χ3v) is 2.94. The van der Waals surface area contributed by atoms with Crippen molar-refractivity contribution in [1.29, 1.82) is 0 Å². The number of likely N-dealkylation sites (tertiary alicyclic amines) is 1. The van der Waals surface area contributed by atoms with Gasteiger partial charge in [-0.1, -0.05) is 23.4 Å². The predicted octanol–water partition coefficient (Wildman–Crippen LogP) is 1.38. The summed E-state index contributed by atoms with van der Waals surface area (Å²) < 4.78 is 0. The third-order valence-electron chi connectivity index (χ3n) is 2.94. The van der Waals surface area contributed by atoms with Crippen molar-refractivity contribution >= 4 is 5.84 Å². The first kappa shape index (κ1) is 11.0. The van der Waals surface area contributed by atoms with Crippen LogP contribution in [0.4, 0.5) is 0 Å². The lowest BCUT2D eigenvalue weighted by Gasteiger charge is -2.14. The fraction of sp³-hybridized carbons (Fsp3) is 0.417. The zero-order valence-electron chi connectivity index (χ0n) is 9.26. The molecule has 0 radical (unpaired) electrons. The van der Waals surface area contributed by atoms with Crippen molar-refractivity contribution < 1.29 is 5.21 Å². The zero-order chi connectivity index (χ0) is 11.4. The van der Waals surface area contributed by atoms with Gasteiger partial charge in [0, 0.05) is 12.1 Å². The van der Waals surface area contributed by atoms with Crippen LogP contribution in [0, 0.1) is 0 Å². The van der Waals surface area contributed by atoms with Crippen LogP contribution in [0.1, 0.15) is 24.0 Å². The van der Waals surface area contributed by atoms with Crippen LogP contribution in [0.15, 0.2) is 29.4 Å².